The van der Waals surface area contributed by atoms with Crippen LogP contribution in [0.4, 0.5) is 13.2 Å². The number of halogens is 3. The van der Waals surface area contributed by atoms with Gasteiger partial charge in [-0.1, -0.05) is 30.3 Å². The van der Waals surface area contributed by atoms with Crippen molar-refractivity contribution < 1.29 is 22.7 Å². The highest BCUT2D eigenvalue weighted by atomic mass is 32.1. The van der Waals surface area contributed by atoms with Crippen LogP contribution in [0, 0.1) is 0 Å². The monoisotopic (exact) mass is 390 g/mol. The van der Waals surface area contributed by atoms with Crippen molar-refractivity contribution in [2.75, 3.05) is 0 Å². The van der Waals surface area contributed by atoms with E-state index in [4.69, 9.17) is 0 Å². The number of nitrogens with one attached hydrogen (secondary N) is 1. The molecule has 4 rings (SSSR count). The van der Waals surface area contributed by atoms with Crippen molar-refractivity contribution in [3.63, 3.8) is 0 Å². The lowest BCUT2D eigenvalue weighted by molar-refractivity contribution is -0.189. The van der Waals surface area contributed by atoms with Crippen LogP contribution in [-0.4, -0.2) is 22.1 Å². The maximum absolute atomic E-state index is 12.5. The van der Waals surface area contributed by atoms with Gasteiger partial charge in [-0.3, -0.25) is 4.79 Å². The van der Waals surface area contributed by atoms with Crippen molar-refractivity contribution in [1.29, 1.82) is 0 Å². The Morgan fingerprint density at radius 2 is 1.85 bits per heavy atom. The van der Waals surface area contributed by atoms with Gasteiger partial charge in [0.15, 0.2) is 0 Å². The Labute approximate surface area is 153 Å². The normalized spacial score (nSPS) is 11.8. The molecular formula is C18H9F3N2O3S. The molecule has 0 bridgehead atoms. The molecule has 0 unspecified atom stereocenters. The van der Waals surface area contributed by atoms with Crippen LogP contribution in [-0.2, 0) is 4.79 Å². The fourth-order valence-corrected chi connectivity index (χ4v) is 3.73. The lowest BCUT2D eigenvalue weighted by atomic mass is 10.2. The number of benzene rings is 2. The maximum Gasteiger partial charge on any atom is 0.491 e. The number of H-pyrrole nitrogens is 1. The van der Waals surface area contributed by atoms with Crippen LogP contribution >= 0.6 is 11.3 Å². The Balaban J connectivity index is 1.82. The van der Waals surface area contributed by atoms with Gasteiger partial charge < -0.3 is 9.72 Å². The largest absolute Gasteiger partial charge is 0.491 e. The van der Waals surface area contributed by atoms with E-state index in [2.05, 4.69) is 14.7 Å². The lowest BCUT2D eigenvalue weighted by Gasteiger charge is -2.06. The van der Waals surface area contributed by atoms with E-state index in [1.54, 1.807) is 12.1 Å². The SMILES string of the molecule is O=C(Oc1ccc2c(c1)sc1nc(-c3ccccc3)[nH]c(=O)c12)C(F)(F)F. The summed E-state index contributed by atoms with van der Waals surface area (Å²) in [7, 11) is 0. The van der Waals surface area contributed by atoms with Crippen LogP contribution in [0.2, 0.25) is 0 Å². The summed E-state index contributed by atoms with van der Waals surface area (Å²) in [5.41, 5.74) is 0.374. The first-order valence-corrected chi connectivity index (χ1v) is 8.45. The van der Waals surface area contributed by atoms with Gasteiger partial charge in [-0.25, -0.2) is 9.78 Å². The molecule has 2 aromatic carbocycles. The molecule has 9 heteroatoms. The number of fused-ring (bicyclic) bond motifs is 3. The summed E-state index contributed by atoms with van der Waals surface area (Å²) < 4.78 is 41.9. The van der Waals surface area contributed by atoms with Crippen molar-refractivity contribution >= 4 is 37.6 Å². The molecule has 5 nitrogen and oxygen atoms in total. The lowest BCUT2D eigenvalue weighted by Crippen LogP contribution is -2.27. The highest BCUT2D eigenvalue weighted by molar-refractivity contribution is 7.25. The van der Waals surface area contributed by atoms with Crippen molar-refractivity contribution in [2.24, 2.45) is 0 Å². The summed E-state index contributed by atoms with van der Waals surface area (Å²) in [6.45, 7) is 0. The molecule has 2 aromatic heterocycles. The maximum atomic E-state index is 12.5. The summed E-state index contributed by atoms with van der Waals surface area (Å²) in [6, 6.07) is 13.0. The number of ether oxygens (including phenoxy) is 1. The second-order valence-corrected chi connectivity index (χ2v) is 6.64. The fraction of sp³-hybridized carbons (Fsp3) is 0.0556. The Hall–Kier alpha value is -3.20. The molecule has 0 spiro atoms. The van der Waals surface area contributed by atoms with E-state index in [0.29, 0.717) is 26.1 Å². The van der Waals surface area contributed by atoms with Gasteiger partial charge in [0.1, 0.15) is 16.4 Å². The highest BCUT2D eigenvalue weighted by Gasteiger charge is 2.41. The highest BCUT2D eigenvalue weighted by Crippen LogP contribution is 2.34. The first-order valence-electron chi connectivity index (χ1n) is 7.64. The molecule has 0 radical (unpaired) electrons. The summed E-state index contributed by atoms with van der Waals surface area (Å²) in [4.78, 5) is 31.1. The third kappa shape index (κ3) is 3.17. The van der Waals surface area contributed by atoms with Gasteiger partial charge in [-0.15, -0.1) is 11.3 Å². The molecular weight excluding hydrogens is 381 g/mol. The Morgan fingerprint density at radius 3 is 2.56 bits per heavy atom. The minimum absolute atomic E-state index is 0.254. The zero-order valence-electron chi connectivity index (χ0n) is 13.3. The summed E-state index contributed by atoms with van der Waals surface area (Å²) in [5, 5.41) is 0.860. The number of carbonyl (C=O) groups excluding carboxylic acids is 1. The Kier molecular flexibility index (Phi) is 3.96. The molecule has 0 fully saturated rings. The molecule has 0 saturated carbocycles. The zero-order valence-corrected chi connectivity index (χ0v) is 14.1. The topological polar surface area (TPSA) is 72.0 Å². The van der Waals surface area contributed by atoms with Crippen LogP contribution < -0.4 is 10.3 Å². The average Bonchev–Trinajstić information content (AvgIpc) is 2.99. The Bertz CT molecular complexity index is 1230. The fourth-order valence-electron chi connectivity index (χ4n) is 2.62. The molecule has 0 aliphatic carbocycles. The molecule has 4 aromatic rings. The predicted octanol–water partition coefficient (Wildman–Crippen LogP) is 4.27. The standard InChI is InChI=1S/C18H9F3N2O3S/c19-18(20,21)17(25)26-10-6-7-11-12(8-10)27-16-13(11)15(24)22-14(23-16)9-4-2-1-3-5-9/h1-8H,(H,22,23,24). The van der Waals surface area contributed by atoms with Crippen LogP contribution in [0.3, 0.4) is 0 Å². The van der Waals surface area contributed by atoms with E-state index in [9.17, 15) is 22.8 Å². The number of esters is 1. The summed E-state index contributed by atoms with van der Waals surface area (Å²) in [6.07, 6.45) is -5.08. The quantitative estimate of drug-likeness (QED) is 0.410. The number of thiophene rings is 1. The number of rotatable bonds is 2. The minimum atomic E-state index is -5.08. The molecule has 0 aliphatic rings. The molecule has 1 N–H and O–H groups in total. The van der Waals surface area contributed by atoms with Gasteiger partial charge in [-0.2, -0.15) is 13.2 Å². The van der Waals surface area contributed by atoms with Crippen LogP contribution in [0.5, 0.6) is 5.75 Å². The minimum Gasteiger partial charge on any atom is -0.420 e. The van der Waals surface area contributed by atoms with Crippen molar-refractivity contribution in [2.45, 2.75) is 6.18 Å². The number of hydrogen-bond donors (Lipinski definition) is 1. The third-order valence-corrected chi connectivity index (χ3v) is 4.85. The number of nitrogens with zero attached hydrogens (tertiary/aromatic N) is 1. The second-order valence-electron chi connectivity index (χ2n) is 5.61. The van der Waals surface area contributed by atoms with Crippen LogP contribution in [0.1, 0.15) is 0 Å². The van der Waals surface area contributed by atoms with Gasteiger partial charge >= 0.3 is 12.1 Å². The smallest absolute Gasteiger partial charge is 0.420 e. The first-order chi connectivity index (χ1) is 12.8. The molecule has 0 atom stereocenters. The van der Waals surface area contributed by atoms with E-state index in [1.807, 2.05) is 18.2 Å². The third-order valence-electron chi connectivity index (χ3n) is 3.80. The van der Waals surface area contributed by atoms with Gasteiger partial charge in [0.25, 0.3) is 5.56 Å². The van der Waals surface area contributed by atoms with Gasteiger partial charge in [0.05, 0.1) is 5.39 Å². The number of aromatic amines is 1. The second kappa shape index (κ2) is 6.20. The average molecular weight is 390 g/mol. The van der Waals surface area contributed by atoms with Crippen molar-refractivity contribution in [1.82, 2.24) is 9.97 Å². The van der Waals surface area contributed by atoms with Gasteiger partial charge in [-0.05, 0) is 18.2 Å². The number of carbonyl (C=O) groups is 1. The molecule has 27 heavy (non-hydrogen) atoms. The molecule has 136 valence electrons. The van der Waals surface area contributed by atoms with E-state index in [1.165, 1.54) is 18.2 Å². The van der Waals surface area contributed by atoms with E-state index in [0.717, 1.165) is 16.9 Å². The molecule has 0 saturated heterocycles. The number of aromatic nitrogens is 2. The van der Waals surface area contributed by atoms with Crippen molar-refractivity contribution in [3.05, 3.63) is 58.9 Å². The van der Waals surface area contributed by atoms with Crippen LogP contribution in [0.25, 0.3) is 31.7 Å². The van der Waals surface area contributed by atoms with E-state index < -0.39 is 12.1 Å². The molecule has 0 aliphatic heterocycles. The number of hydrogen-bond acceptors (Lipinski definition) is 5. The van der Waals surface area contributed by atoms with E-state index in [-0.39, 0.29) is 11.3 Å². The van der Waals surface area contributed by atoms with Gasteiger partial charge in [0, 0.05) is 15.6 Å². The van der Waals surface area contributed by atoms with Gasteiger partial charge in [0.2, 0.25) is 0 Å². The molecule has 0 amide bonds. The first kappa shape index (κ1) is 17.2. The van der Waals surface area contributed by atoms with Crippen molar-refractivity contribution in [3.8, 4) is 17.1 Å². The predicted molar refractivity (Wildman–Crippen MR) is 94.9 cm³/mol. The summed E-state index contributed by atoms with van der Waals surface area (Å²) in [5.74, 6) is -2.16. The Morgan fingerprint density at radius 1 is 1.11 bits per heavy atom. The number of alkyl halides is 3. The zero-order chi connectivity index (χ0) is 19.2. The molecule has 2 heterocycles. The van der Waals surface area contributed by atoms with E-state index >= 15 is 0 Å². The van der Waals surface area contributed by atoms with Crippen LogP contribution in [0.15, 0.2) is 53.3 Å². The summed E-state index contributed by atoms with van der Waals surface area (Å²) >= 11 is 1.13.